The summed E-state index contributed by atoms with van der Waals surface area (Å²) in [6.45, 7) is 19.3. The first-order valence-corrected chi connectivity index (χ1v) is 13.2. The highest BCUT2D eigenvalue weighted by molar-refractivity contribution is 5.88. The number of nitrogens with zero attached hydrogens (tertiary/aromatic N) is 2. The van der Waals surface area contributed by atoms with Crippen molar-refractivity contribution in [1.82, 2.24) is 15.1 Å². The molecule has 1 fully saturated rings. The first-order chi connectivity index (χ1) is 16.1. The van der Waals surface area contributed by atoms with Crippen molar-refractivity contribution in [1.29, 1.82) is 0 Å². The lowest BCUT2D eigenvalue weighted by molar-refractivity contribution is -0.138. The fourth-order valence-electron chi connectivity index (χ4n) is 3.51. The summed E-state index contributed by atoms with van der Waals surface area (Å²) in [7, 11) is 1.67. The van der Waals surface area contributed by atoms with Gasteiger partial charge in [-0.25, -0.2) is 4.79 Å². The molecule has 0 saturated carbocycles. The number of nitrogens with one attached hydrogen (secondary N) is 1. The van der Waals surface area contributed by atoms with Crippen molar-refractivity contribution in [3.8, 4) is 0 Å². The molecule has 200 valence electrons. The van der Waals surface area contributed by atoms with E-state index in [0.29, 0.717) is 18.6 Å². The zero-order chi connectivity index (χ0) is 26.5. The number of likely N-dealkylation sites (N-methyl/N-ethyl adjacent to an activating group) is 1. The van der Waals surface area contributed by atoms with Crippen molar-refractivity contribution >= 4 is 18.3 Å². The Morgan fingerprint density at radius 2 is 1.59 bits per heavy atom. The maximum Gasteiger partial charge on any atom is 0.333 e. The van der Waals surface area contributed by atoms with Crippen LogP contribution in [0.3, 0.4) is 0 Å². The minimum absolute atomic E-state index is 0.0563. The third-order valence-electron chi connectivity index (χ3n) is 6.03. The molecule has 1 heterocycles. The van der Waals surface area contributed by atoms with Crippen LogP contribution in [-0.2, 0) is 19.1 Å². The van der Waals surface area contributed by atoms with Gasteiger partial charge in [0.15, 0.2) is 0 Å². The van der Waals surface area contributed by atoms with E-state index in [1.54, 1.807) is 31.9 Å². The maximum atomic E-state index is 12.0. The lowest BCUT2D eigenvalue weighted by Gasteiger charge is -2.31. The number of piperidine rings is 1. The molecule has 1 unspecified atom stereocenters. The average Bonchev–Trinajstić information content (AvgIpc) is 2.85. The molecule has 0 aliphatic carbocycles. The van der Waals surface area contributed by atoms with Crippen molar-refractivity contribution in [2.24, 2.45) is 5.92 Å². The Morgan fingerprint density at radius 1 is 1.03 bits per heavy atom. The van der Waals surface area contributed by atoms with Crippen LogP contribution in [0.15, 0.2) is 11.6 Å². The van der Waals surface area contributed by atoms with E-state index in [-0.39, 0.29) is 30.4 Å². The minimum atomic E-state index is -0.377. The van der Waals surface area contributed by atoms with E-state index in [4.69, 9.17) is 4.74 Å². The van der Waals surface area contributed by atoms with Crippen molar-refractivity contribution in [3.05, 3.63) is 11.6 Å². The van der Waals surface area contributed by atoms with Gasteiger partial charge in [0.1, 0.15) is 0 Å². The van der Waals surface area contributed by atoms with Gasteiger partial charge in [0.25, 0.3) is 0 Å². The van der Waals surface area contributed by atoms with Crippen LogP contribution in [0.25, 0.3) is 0 Å². The molecule has 1 aliphatic heterocycles. The zero-order valence-electron chi connectivity index (χ0n) is 23.5. The van der Waals surface area contributed by atoms with Gasteiger partial charge in [0.2, 0.25) is 12.3 Å². The Bertz CT molecular complexity index is 574. The van der Waals surface area contributed by atoms with Crippen LogP contribution in [0, 0.1) is 5.92 Å². The van der Waals surface area contributed by atoms with Gasteiger partial charge in [0, 0.05) is 18.7 Å². The van der Waals surface area contributed by atoms with Gasteiger partial charge >= 0.3 is 5.97 Å². The van der Waals surface area contributed by atoms with Crippen molar-refractivity contribution in [3.63, 3.8) is 0 Å². The molecule has 0 aromatic heterocycles. The molecule has 1 saturated heterocycles. The summed E-state index contributed by atoms with van der Waals surface area (Å²) in [5, 5.41) is 2.35. The van der Waals surface area contributed by atoms with Gasteiger partial charge in [-0.3, -0.25) is 9.59 Å². The SMILES string of the molecule is CCC.CCC(C)N1CCCCC1.CCOC(=O)/C(C)=C/[C@H]([C@@H](C)CC)N(C)C(=O)CNC=O. The van der Waals surface area contributed by atoms with E-state index in [1.165, 1.54) is 45.2 Å². The van der Waals surface area contributed by atoms with E-state index in [9.17, 15) is 14.4 Å². The van der Waals surface area contributed by atoms with Crippen molar-refractivity contribution in [2.45, 2.75) is 106 Å². The first-order valence-electron chi connectivity index (χ1n) is 13.2. The summed E-state index contributed by atoms with van der Waals surface area (Å²) < 4.78 is 4.95. The molecule has 0 bridgehead atoms. The summed E-state index contributed by atoms with van der Waals surface area (Å²) in [4.78, 5) is 38.1. The molecule has 0 aromatic rings. The highest BCUT2D eigenvalue weighted by atomic mass is 16.5. The molecule has 1 N–H and O–H groups in total. The predicted molar refractivity (Wildman–Crippen MR) is 142 cm³/mol. The number of esters is 1. The maximum absolute atomic E-state index is 12.0. The molecule has 1 aliphatic rings. The Hall–Kier alpha value is -1.89. The van der Waals surface area contributed by atoms with Crippen LogP contribution in [0.5, 0.6) is 0 Å². The monoisotopic (exact) mass is 483 g/mol. The summed E-state index contributed by atoms with van der Waals surface area (Å²) in [6.07, 6.45) is 9.95. The van der Waals surface area contributed by atoms with E-state index < -0.39 is 0 Å². The van der Waals surface area contributed by atoms with Crippen LogP contribution < -0.4 is 5.32 Å². The molecule has 2 amide bonds. The van der Waals surface area contributed by atoms with E-state index in [2.05, 4.69) is 37.9 Å². The van der Waals surface area contributed by atoms with Gasteiger partial charge in [-0.2, -0.15) is 0 Å². The number of likely N-dealkylation sites (tertiary alicyclic amines) is 1. The smallest absolute Gasteiger partial charge is 0.333 e. The van der Waals surface area contributed by atoms with Crippen LogP contribution >= 0.6 is 0 Å². The minimum Gasteiger partial charge on any atom is -0.463 e. The van der Waals surface area contributed by atoms with Gasteiger partial charge in [0.05, 0.1) is 19.2 Å². The van der Waals surface area contributed by atoms with Crippen LogP contribution in [0.2, 0.25) is 0 Å². The van der Waals surface area contributed by atoms with Crippen LogP contribution in [-0.4, -0.2) is 73.5 Å². The molecule has 0 spiro atoms. The van der Waals surface area contributed by atoms with Gasteiger partial charge in [-0.1, -0.05) is 60.0 Å². The highest BCUT2D eigenvalue weighted by Gasteiger charge is 2.23. The fraction of sp³-hybridized carbons (Fsp3) is 0.815. The molecule has 0 aromatic carbocycles. The molecular weight excluding hydrogens is 430 g/mol. The summed E-state index contributed by atoms with van der Waals surface area (Å²) in [6, 6.07) is 0.598. The lowest BCUT2D eigenvalue weighted by Crippen LogP contribution is -2.44. The summed E-state index contributed by atoms with van der Waals surface area (Å²) >= 11 is 0. The van der Waals surface area contributed by atoms with Gasteiger partial charge < -0.3 is 19.9 Å². The Balaban J connectivity index is 0. The van der Waals surface area contributed by atoms with E-state index in [0.717, 1.165) is 12.5 Å². The average molecular weight is 484 g/mol. The molecule has 1 rings (SSSR count). The number of hydrogen-bond acceptors (Lipinski definition) is 5. The third kappa shape index (κ3) is 15.1. The van der Waals surface area contributed by atoms with E-state index in [1.807, 2.05) is 13.8 Å². The number of amides is 2. The quantitative estimate of drug-likeness (QED) is 0.259. The molecule has 3 atom stereocenters. The van der Waals surface area contributed by atoms with Crippen molar-refractivity contribution in [2.75, 3.05) is 33.3 Å². The number of hydrogen-bond donors (Lipinski definition) is 1. The topological polar surface area (TPSA) is 79.0 Å². The van der Waals surface area contributed by atoms with E-state index >= 15 is 0 Å². The second kappa shape index (κ2) is 21.6. The van der Waals surface area contributed by atoms with Crippen LogP contribution in [0.1, 0.15) is 93.9 Å². The molecule has 0 radical (unpaired) electrons. The normalized spacial score (nSPS) is 16.4. The zero-order valence-corrected chi connectivity index (χ0v) is 23.5. The summed E-state index contributed by atoms with van der Waals surface area (Å²) in [5.41, 5.74) is 0.477. The Labute approximate surface area is 209 Å². The van der Waals surface area contributed by atoms with Gasteiger partial charge in [-0.05, 0) is 59.0 Å². The van der Waals surface area contributed by atoms with Crippen molar-refractivity contribution < 1.29 is 19.1 Å². The first kappa shape index (κ1) is 34.3. The molecule has 34 heavy (non-hydrogen) atoms. The Kier molecular flexibility index (Phi) is 21.8. The number of carbonyl (C=O) groups excluding carboxylic acids is 3. The highest BCUT2D eigenvalue weighted by Crippen LogP contribution is 2.17. The molecular formula is C27H53N3O4. The molecule has 7 nitrogen and oxygen atoms in total. The second-order valence-electron chi connectivity index (χ2n) is 9.01. The fourth-order valence-corrected chi connectivity index (χ4v) is 3.51. The summed E-state index contributed by atoms with van der Waals surface area (Å²) in [5.74, 6) is -0.405. The predicted octanol–water partition coefficient (Wildman–Crippen LogP) is 4.80. The Morgan fingerprint density at radius 3 is 2.03 bits per heavy atom. The number of ether oxygens (including phenoxy) is 1. The lowest BCUT2D eigenvalue weighted by atomic mass is 9.95. The van der Waals surface area contributed by atoms with Gasteiger partial charge in [-0.15, -0.1) is 0 Å². The molecule has 7 heteroatoms. The largest absolute Gasteiger partial charge is 0.463 e. The third-order valence-corrected chi connectivity index (χ3v) is 6.03. The number of carbonyl (C=O) groups is 3. The second-order valence-corrected chi connectivity index (χ2v) is 9.01. The standard InChI is InChI=1S/C15H26N2O4.C9H19N.C3H8/c1-6-11(3)13(8-12(4)15(20)21-7-2)17(5)14(19)9-16-10-18;1-3-9(2)10-7-5-4-6-8-10;1-3-2/h8,10-11,13H,6-7,9H2,1-5H3,(H,16,18);9H,3-8H2,1-2H3;3H2,1-2H3/b12-8+;;/t11-,13+;;/m0../s1. The van der Waals surface area contributed by atoms with Crippen LogP contribution in [0.4, 0.5) is 0 Å². The number of rotatable bonds is 11.